The molecule has 0 aliphatic carbocycles. The van der Waals surface area contributed by atoms with Crippen LogP contribution in [0.4, 0.5) is 4.79 Å². The predicted octanol–water partition coefficient (Wildman–Crippen LogP) is 2.28. The van der Waals surface area contributed by atoms with Crippen LogP contribution in [0.3, 0.4) is 0 Å². The van der Waals surface area contributed by atoms with Crippen molar-refractivity contribution in [2.75, 3.05) is 45.6 Å². The van der Waals surface area contributed by atoms with Gasteiger partial charge in [-0.1, -0.05) is 18.2 Å². The second kappa shape index (κ2) is 8.74. The first-order valence-corrected chi connectivity index (χ1v) is 9.75. The van der Waals surface area contributed by atoms with E-state index in [0.717, 1.165) is 51.4 Å². The van der Waals surface area contributed by atoms with Crippen LogP contribution in [-0.4, -0.2) is 73.6 Å². The lowest BCUT2D eigenvalue weighted by Crippen LogP contribution is -2.60. The van der Waals surface area contributed by atoms with E-state index in [-0.39, 0.29) is 12.1 Å². The zero-order valence-electron chi connectivity index (χ0n) is 14.3. The number of ether oxygens (including phenoxy) is 1. The van der Waals surface area contributed by atoms with E-state index in [1.807, 2.05) is 22.7 Å². The van der Waals surface area contributed by atoms with E-state index >= 15 is 0 Å². The molecular weight excluding hydrogens is 322 g/mol. The van der Waals surface area contributed by atoms with Gasteiger partial charge in [-0.05, 0) is 37.8 Å². The fourth-order valence-electron chi connectivity index (χ4n) is 3.31. The Kier molecular flexibility index (Phi) is 6.40. The monoisotopic (exact) mass is 349 g/mol. The van der Waals surface area contributed by atoms with Gasteiger partial charge in [0.15, 0.2) is 0 Å². The third-order valence-electron chi connectivity index (χ3n) is 4.76. The number of carbonyl (C=O) groups excluding carboxylic acids is 1. The normalized spacial score (nSPS) is 24.5. The van der Waals surface area contributed by atoms with Crippen molar-refractivity contribution in [2.45, 2.75) is 29.9 Å². The smallest absolute Gasteiger partial charge is 0.317 e. The average molecular weight is 350 g/mol. The maximum absolute atomic E-state index is 12.4. The number of fused-ring (bicyclic) bond motifs is 1. The van der Waals surface area contributed by atoms with E-state index in [9.17, 15) is 4.79 Å². The fourth-order valence-corrected chi connectivity index (χ4v) is 4.19. The largest absolute Gasteiger partial charge is 0.375 e. The van der Waals surface area contributed by atoms with Gasteiger partial charge in [0.2, 0.25) is 0 Å². The molecule has 1 aromatic rings. The Labute approximate surface area is 148 Å². The van der Waals surface area contributed by atoms with Gasteiger partial charge >= 0.3 is 6.03 Å². The summed E-state index contributed by atoms with van der Waals surface area (Å²) < 4.78 is 5.83. The molecule has 0 radical (unpaired) electrons. The second-order valence-corrected chi connectivity index (χ2v) is 7.61. The number of morpholine rings is 1. The molecule has 0 aromatic heterocycles. The number of hydrogen-bond donors (Lipinski definition) is 1. The summed E-state index contributed by atoms with van der Waals surface area (Å²) in [5.41, 5.74) is 0. The van der Waals surface area contributed by atoms with E-state index in [0.29, 0.717) is 6.04 Å². The van der Waals surface area contributed by atoms with Gasteiger partial charge in [0, 0.05) is 31.1 Å². The summed E-state index contributed by atoms with van der Waals surface area (Å²) in [6, 6.07) is 10.8. The fraction of sp³-hybridized carbons (Fsp3) is 0.611. The molecule has 2 heterocycles. The van der Waals surface area contributed by atoms with Crippen LogP contribution in [0.5, 0.6) is 0 Å². The summed E-state index contributed by atoms with van der Waals surface area (Å²) in [5, 5.41) is 3.06. The molecule has 2 atom stereocenters. The van der Waals surface area contributed by atoms with Crippen LogP contribution in [0, 0.1) is 0 Å². The Morgan fingerprint density at radius 1 is 1.33 bits per heavy atom. The van der Waals surface area contributed by atoms with Crippen LogP contribution < -0.4 is 5.32 Å². The number of nitrogens with zero attached hydrogens (tertiary/aromatic N) is 2. The van der Waals surface area contributed by atoms with Crippen molar-refractivity contribution in [1.29, 1.82) is 0 Å². The van der Waals surface area contributed by atoms with Crippen LogP contribution in [0.2, 0.25) is 0 Å². The molecule has 5 nitrogen and oxygen atoms in total. The molecule has 1 N–H and O–H groups in total. The summed E-state index contributed by atoms with van der Waals surface area (Å²) in [5.74, 6) is 1.02. The number of urea groups is 1. The Hall–Kier alpha value is -1.24. The number of likely N-dealkylation sites (tertiary alicyclic amines) is 1. The van der Waals surface area contributed by atoms with Crippen LogP contribution in [0.15, 0.2) is 35.2 Å². The molecule has 2 saturated heterocycles. The highest BCUT2D eigenvalue weighted by Gasteiger charge is 2.36. The van der Waals surface area contributed by atoms with Gasteiger partial charge < -0.3 is 15.0 Å². The number of likely N-dealkylation sites (N-methyl/N-ethyl adjacent to an activating group) is 1. The van der Waals surface area contributed by atoms with E-state index in [2.05, 4.69) is 41.5 Å². The van der Waals surface area contributed by atoms with Crippen molar-refractivity contribution in [3.05, 3.63) is 30.3 Å². The van der Waals surface area contributed by atoms with Gasteiger partial charge in [0.05, 0.1) is 18.8 Å². The summed E-state index contributed by atoms with van der Waals surface area (Å²) >= 11 is 1.83. The van der Waals surface area contributed by atoms with E-state index in [1.165, 1.54) is 4.90 Å². The van der Waals surface area contributed by atoms with Crippen molar-refractivity contribution in [3.8, 4) is 0 Å². The van der Waals surface area contributed by atoms with Gasteiger partial charge in [-0.25, -0.2) is 4.79 Å². The van der Waals surface area contributed by atoms with Crippen molar-refractivity contribution >= 4 is 17.8 Å². The molecule has 2 fully saturated rings. The van der Waals surface area contributed by atoms with Crippen molar-refractivity contribution in [1.82, 2.24) is 15.1 Å². The molecular formula is C18H27N3O2S. The second-order valence-electron chi connectivity index (χ2n) is 6.44. The number of hydrogen-bond acceptors (Lipinski definition) is 4. The van der Waals surface area contributed by atoms with Gasteiger partial charge in [0.25, 0.3) is 0 Å². The van der Waals surface area contributed by atoms with Crippen LogP contribution in [0.1, 0.15) is 12.8 Å². The predicted molar refractivity (Wildman–Crippen MR) is 97.5 cm³/mol. The number of thioether (sulfide) groups is 1. The number of nitrogens with one attached hydrogen (secondary N) is 1. The van der Waals surface area contributed by atoms with Crippen molar-refractivity contribution in [3.63, 3.8) is 0 Å². The zero-order chi connectivity index (χ0) is 16.8. The van der Waals surface area contributed by atoms with Gasteiger partial charge in [0.1, 0.15) is 0 Å². The third kappa shape index (κ3) is 4.65. The molecule has 132 valence electrons. The summed E-state index contributed by atoms with van der Waals surface area (Å²) in [6.45, 7) is 4.05. The molecule has 0 bridgehead atoms. The topological polar surface area (TPSA) is 44.8 Å². The average Bonchev–Trinajstić information content (AvgIpc) is 2.62. The maximum atomic E-state index is 12.4. The lowest BCUT2D eigenvalue weighted by Gasteiger charge is -2.45. The Balaban J connectivity index is 1.35. The SMILES string of the molecule is CN1CCO[C@@H]2CCN(C(=O)NCCCSc3ccccc3)C[C@@H]21. The first-order valence-electron chi connectivity index (χ1n) is 8.76. The Bertz CT molecular complexity index is 528. The Morgan fingerprint density at radius 2 is 2.17 bits per heavy atom. The number of carbonyl (C=O) groups is 1. The molecule has 0 saturated carbocycles. The number of rotatable bonds is 5. The molecule has 3 rings (SSSR count). The standard InChI is InChI=1S/C18H27N3O2S/c1-20-11-12-23-17-8-10-21(14-16(17)20)18(22)19-9-5-13-24-15-6-3-2-4-7-15/h2-4,6-7,16-17H,5,8-14H2,1H3,(H,19,22)/t16-,17+/m0/s1. The minimum Gasteiger partial charge on any atom is -0.375 e. The molecule has 2 aliphatic rings. The molecule has 0 spiro atoms. The van der Waals surface area contributed by atoms with E-state index < -0.39 is 0 Å². The van der Waals surface area contributed by atoms with Crippen molar-refractivity contribution < 1.29 is 9.53 Å². The first-order chi connectivity index (χ1) is 11.7. The quantitative estimate of drug-likeness (QED) is 0.654. The van der Waals surface area contributed by atoms with Crippen LogP contribution in [0.25, 0.3) is 0 Å². The summed E-state index contributed by atoms with van der Waals surface area (Å²) in [6.07, 6.45) is 2.20. The molecule has 1 aromatic carbocycles. The van der Waals surface area contributed by atoms with Crippen molar-refractivity contribution in [2.24, 2.45) is 0 Å². The minimum atomic E-state index is 0.0668. The Morgan fingerprint density at radius 3 is 3.00 bits per heavy atom. The van der Waals surface area contributed by atoms with Gasteiger partial charge in [-0.2, -0.15) is 0 Å². The van der Waals surface area contributed by atoms with Gasteiger partial charge in [-0.15, -0.1) is 11.8 Å². The van der Waals surface area contributed by atoms with Gasteiger partial charge in [-0.3, -0.25) is 4.90 Å². The lowest BCUT2D eigenvalue weighted by molar-refractivity contribution is -0.0881. The highest BCUT2D eigenvalue weighted by atomic mass is 32.2. The minimum absolute atomic E-state index is 0.0668. The number of piperidine rings is 1. The van der Waals surface area contributed by atoms with E-state index in [4.69, 9.17) is 4.74 Å². The number of benzene rings is 1. The molecule has 24 heavy (non-hydrogen) atoms. The molecule has 0 unspecified atom stereocenters. The van der Waals surface area contributed by atoms with E-state index in [1.54, 1.807) is 0 Å². The summed E-state index contributed by atoms with van der Waals surface area (Å²) in [4.78, 5) is 17.9. The van der Waals surface area contributed by atoms with Crippen LogP contribution >= 0.6 is 11.8 Å². The highest BCUT2D eigenvalue weighted by molar-refractivity contribution is 7.99. The number of amides is 2. The first kappa shape index (κ1) is 17.6. The third-order valence-corrected chi connectivity index (χ3v) is 5.86. The highest BCUT2D eigenvalue weighted by Crippen LogP contribution is 2.22. The summed E-state index contributed by atoms with van der Waals surface area (Å²) in [7, 11) is 2.13. The maximum Gasteiger partial charge on any atom is 0.317 e. The zero-order valence-corrected chi connectivity index (χ0v) is 15.1. The van der Waals surface area contributed by atoms with Crippen LogP contribution in [-0.2, 0) is 4.74 Å². The molecule has 2 amide bonds. The lowest BCUT2D eigenvalue weighted by atomic mass is 9.99. The molecule has 2 aliphatic heterocycles. The molecule has 6 heteroatoms.